The molecule has 4 N–H and O–H groups in total. The molecule has 2 amide bonds. The number of β-lactam (4-membered cyclic amide) rings is 1. The second-order valence-corrected chi connectivity index (χ2v) is 9.47. The average molecular weight is 520 g/mol. The quantitative estimate of drug-likeness (QED) is 0.290. The van der Waals surface area contributed by atoms with Gasteiger partial charge in [0.05, 0.1) is 0 Å². The van der Waals surface area contributed by atoms with Crippen LogP contribution in [0.25, 0.3) is 0 Å². The highest BCUT2D eigenvalue weighted by Gasteiger charge is 2.55. The van der Waals surface area contributed by atoms with Crippen LogP contribution >= 0.6 is 23.5 Å². The molecule has 0 saturated carbocycles. The summed E-state index contributed by atoms with van der Waals surface area (Å²) in [5, 5.41) is 11.6. The fourth-order valence-corrected chi connectivity index (χ4v) is 5.25. The molecule has 14 heteroatoms. The maximum atomic E-state index is 12.7. The monoisotopic (exact) mass is 519 g/mol. The molecule has 1 aromatic rings. The summed E-state index contributed by atoms with van der Waals surface area (Å²) < 4.78 is 41.2. The van der Waals surface area contributed by atoms with Gasteiger partial charge in [-0.1, -0.05) is 6.07 Å². The van der Waals surface area contributed by atoms with E-state index in [2.05, 4.69) is 10.1 Å². The van der Waals surface area contributed by atoms with E-state index in [9.17, 15) is 37.5 Å². The van der Waals surface area contributed by atoms with Crippen LogP contribution in [0.5, 0.6) is 5.75 Å². The van der Waals surface area contributed by atoms with Crippen LogP contribution in [0.1, 0.15) is 24.1 Å². The number of esters is 2. The molecule has 0 bridgehead atoms. The van der Waals surface area contributed by atoms with Crippen molar-refractivity contribution in [3.05, 3.63) is 40.6 Å². The fourth-order valence-electron chi connectivity index (χ4n) is 3.42. The van der Waals surface area contributed by atoms with E-state index in [1.165, 1.54) is 42.6 Å². The Morgan fingerprint density at radius 3 is 2.68 bits per heavy atom. The van der Waals surface area contributed by atoms with Crippen molar-refractivity contribution in [2.24, 2.45) is 5.73 Å². The number of fused-ring (bicyclic) bond motifs is 1. The number of halogens is 3. The van der Waals surface area contributed by atoms with Crippen LogP contribution < -0.4 is 11.1 Å². The van der Waals surface area contributed by atoms with Crippen LogP contribution in [0.4, 0.5) is 13.2 Å². The zero-order chi connectivity index (χ0) is 25.4. The van der Waals surface area contributed by atoms with Gasteiger partial charge in [0, 0.05) is 17.1 Å². The van der Waals surface area contributed by atoms with E-state index in [0.717, 1.165) is 4.90 Å². The molecule has 34 heavy (non-hydrogen) atoms. The molecule has 184 valence electrons. The molecular formula is C20H20F3N3O6S2. The summed E-state index contributed by atoms with van der Waals surface area (Å²) in [5.74, 6) is -5.02. The molecule has 0 aromatic heterocycles. The number of nitrogens with two attached hydrogens (primary N) is 1. The zero-order valence-corrected chi connectivity index (χ0v) is 19.5. The number of aromatic hydroxyl groups is 1. The molecule has 9 nitrogen and oxygen atoms in total. The number of amides is 2. The molecule has 3 unspecified atom stereocenters. The number of nitrogens with zero attached hydrogens (tertiary/aromatic N) is 1. The summed E-state index contributed by atoms with van der Waals surface area (Å²) in [7, 11) is 0. The van der Waals surface area contributed by atoms with Crippen LogP contribution in [0.2, 0.25) is 0 Å². The number of hydrogen-bond acceptors (Lipinski definition) is 9. The Morgan fingerprint density at radius 2 is 2.06 bits per heavy atom. The molecule has 1 saturated heterocycles. The Kier molecular flexibility index (Phi) is 7.53. The molecule has 0 radical (unpaired) electrons. The third-order valence-corrected chi connectivity index (χ3v) is 7.14. The lowest BCUT2D eigenvalue weighted by Gasteiger charge is -2.49. The van der Waals surface area contributed by atoms with Crippen molar-refractivity contribution in [3.63, 3.8) is 0 Å². The number of hydrogen-bond donors (Lipinski definition) is 3. The topological polar surface area (TPSA) is 139 Å². The number of carbonyl (C=O) groups is 4. The van der Waals surface area contributed by atoms with Gasteiger partial charge < -0.3 is 20.9 Å². The minimum atomic E-state index is -5.37. The van der Waals surface area contributed by atoms with Gasteiger partial charge in [-0.2, -0.15) is 24.9 Å². The highest BCUT2D eigenvalue weighted by atomic mass is 32.2. The summed E-state index contributed by atoms with van der Waals surface area (Å²) >= 11 is 2.64. The van der Waals surface area contributed by atoms with Crippen LogP contribution in [0, 0.1) is 0 Å². The van der Waals surface area contributed by atoms with Crippen LogP contribution in [0.15, 0.2) is 29.5 Å². The molecule has 2 aliphatic rings. The summed E-state index contributed by atoms with van der Waals surface area (Å²) in [6, 6.07) is 2.22. The van der Waals surface area contributed by atoms with Crippen molar-refractivity contribution in [1.82, 2.24) is 10.2 Å². The molecule has 1 fully saturated rings. The standard InChI is InChI=1S/C20H20F3N3O6S2/c1-8-6-34-17-13(16(29)26(17)14(8)18(30)32-19(31)20(21,22)23)25-15(28)12(24)9-3-4-11(27)10(5-9)7-33-2/h3-5,12-13,17,27H,6-7,24H2,1-2H3,(H,25,28). The van der Waals surface area contributed by atoms with E-state index in [1.54, 1.807) is 6.07 Å². The van der Waals surface area contributed by atoms with E-state index in [-0.39, 0.29) is 17.1 Å². The lowest BCUT2D eigenvalue weighted by molar-refractivity contribution is -0.201. The Hall–Kier alpha value is -2.71. The van der Waals surface area contributed by atoms with Crippen molar-refractivity contribution in [2.45, 2.75) is 36.3 Å². The second-order valence-electron chi connectivity index (χ2n) is 7.50. The van der Waals surface area contributed by atoms with Gasteiger partial charge in [-0.3, -0.25) is 14.5 Å². The number of benzene rings is 1. The third kappa shape index (κ3) is 5.03. The first kappa shape index (κ1) is 25.9. The number of phenols is 1. The smallest absolute Gasteiger partial charge is 0.491 e. The molecule has 2 heterocycles. The van der Waals surface area contributed by atoms with Gasteiger partial charge in [-0.05, 0) is 36.4 Å². The molecule has 3 atom stereocenters. The van der Waals surface area contributed by atoms with E-state index in [0.29, 0.717) is 16.9 Å². The average Bonchev–Trinajstić information content (AvgIpc) is 2.77. The van der Waals surface area contributed by atoms with Gasteiger partial charge in [0.1, 0.15) is 28.9 Å². The van der Waals surface area contributed by atoms with Crippen molar-refractivity contribution >= 4 is 47.3 Å². The first-order chi connectivity index (χ1) is 15.9. The fraction of sp³-hybridized carbons (Fsp3) is 0.400. The van der Waals surface area contributed by atoms with Crippen LogP contribution in [-0.4, -0.2) is 63.4 Å². The lowest BCUT2D eigenvalue weighted by Crippen LogP contribution is -2.71. The minimum absolute atomic E-state index is 0.0553. The molecule has 0 aliphatic carbocycles. The minimum Gasteiger partial charge on any atom is -0.508 e. The first-order valence-electron chi connectivity index (χ1n) is 9.71. The summed E-state index contributed by atoms with van der Waals surface area (Å²) in [4.78, 5) is 49.5. The zero-order valence-electron chi connectivity index (χ0n) is 17.8. The van der Waals surface area contributed by atoms with E-state index in [4.69, 9.17) is 5.73 Å². The molecule has 0 spiro atoms. The Morgan fingerprint density at radius 1 is 1.38 bits per heavy atom. The van der Waals surface area contributed by atoms with Crippen molar-refractivity contribution in [2.75, 3.05) is 12.0 Å². The Bertz CT molecular complexity index is 1080. The first-order valence-corrected chi connectivity index (χ1v) is 12.2. The number of alkyl halides is 3. The largest absolute Gasteiger partial charge is 0.508 e. The van der Waals surface area contributed by atoms with Crippen molar-refractivity contribution < 1.29 is 42.2 Å². The Labute approximate surface area is 200 Å². The number of thioether (sulfide) groups is 2. The van der Waals surface area contributed by atoms with Crippen molar-refractivity contribution in [1.29, 1.82) is 0 Å². The van der Waals surface area contributed by atoms with Gasteiger partial charge in [0.2, 0.25) is 5.91 Å². The number of carbonyl (C=O) groups excluding carboxylic acids is 4. The highest BCUT2D eigenvalue weighted by molar-refractivity contribution is 8.00. The lowest BCUT2D eigenvalue weighted by atomic mass is 10.0. The predicted molar refractivity (Wildman–Crippen MR) is 117 cm³/mol. The molecule has 3 rings (SSSR count). The summed E-state index contributed by atoms with van der Waals surface area (Å²) in [6.45, 7) is 1.42. The van der Waals surface area contributed by atoms with Gasteiger partial charge >= 0.3 is 18.1 Å². The van der Waals surface area contributed by atoms with Gasteiger partial charge in [-0.25, -0.2) is 9.59 Å². The molecular weight excluding hydrogens is 499 g/mol. The van der Waals surface area contributed by atoms with E-state index < -0.39 is 53.1 Å². The van der Waals surface area contributed by atoms with Crippen LogP contribution in [0.3, 0.4) is 0 Å². The SMILES string of the molecule is CSCc1cc(C(N)C(=O)NC2C(=O)N3C(C(=O)OC(=O)C(F)(F)F)=C(C)CSC23)ccc1O. The maximum absolute atomic E-state index is 12.7. The Balaban J connectivity index is 1.71. The molecule has 2 aliphatic heterocycles. The molecule has 1 aromatic carbocycles. The number of nitrogens with one attached hydrogen (secondary N) is 1. The number of ether oxygens (including phenoxy) is 1. The van der Waals surface area contributed by atoms with Gasteiger partial charge in [0.15, 0.2) is 0 Å². The highest BCUT2D eigenvalue weighted by Crippen LogP contribution is 2.41. The van der Waals surface area contributed by atoms with E-state index in [1.807, 2.05) is 6.26 Å². The maximum Gasteiger partial charge on any atom is 0.491 e. The normalized spacial score (nSPS) is 20.9. The van der Waals surface area contributed by atoms with Crippen LogP contribution in [-0.2, 0) is 29.7 Å². The summed E-state index contributed by atoms with van der Waals surface area (Å²) in [6.07, 6.45) is -3.53. The number of phenolic OH excluding ortho intramolecular Hbond substituents is 1. The number of rotatable bonds is 6. The predicted octanol–water partition coefficient (Wildman–Crippen LogP) is 1.56. The van der Waals surface area contributed by atoms with E-state index >= 15 is 0 Å². The third-order valence-electron chi connectivity index (χ3n) is 5.11. The van der Waals surface area contributed by atoms with Crippen molar-refractivity contribution in [3.8, 4) is 5.75 Å². The van der Waals surface area contributed by atoms with Gasteiger partial charge in [-0.15, -0.1) is 11.8 Å². The summed E-state index contributed by atoms with van der Waals surface area (Å²) in [5.41, 5.74) is 6.81. The second kappa shape index (κ2) is 9.88. The van der Waals surface area contributed by atoms with Gasteiger partial charge in [0.25, 0.3) is 5.91 Å².